The number of aromatic nitrogens is 2. The molecule has 16 heavy (non-hydrogen) atoms. The van der Waals surface area contributed by atoms with Gasteiger partial charge in [0.15, 0.2) is 0 Å². The fourth-order valence-corrected chi connectivity index (χ4v) is 1.87. The van der Waals surface area contributed by atoms with Gasteiger partial charge in [0.2, 0.25) is 0 Å². The van der Waals surface area contributed by atoms with Crippen molar-refractivity contribution in [2.45, 2.75) is 39.8 Å². The lowest BCUT2D eigenvalue weighted by molar-refractivity contribution is 0.222. The Bertz CT molecular complexity index is 320. The zero-order valence-corrected chi connectivity index (χ0v) is 10.7. The molecule has 0 saturated carbocycles. The summed E-state index contributed by atoms with van der Waals surface area (Å²) < 4.78 is 1.88. The van der Waals surface area contributed by atoms with E-state index in [4.69, 9.17) is 0 Å². The maximum Gasteiger partial charge on any atom is 0.0597 e. The molecule has 1 heterocycles. The summed E-state index contributed by atoms with van der Waals surface area (Å²) >= 11 is 0. The highest BCUT2D eigenvalue weighted by molar-refractivity contribution is 5.08. The minimum Gasteiger partial charge on any atom is -0.395 e. The van der Waals surface area contributed by atoms with Crippen LogP contribution in [0.15, 0.2) is 6.07 Å². The third-order valence-electron chi connectivity index (χ3n) is 2.65. The van der Waals surface area contributed by atoms with Gasteiger partial charge in [-0.1, -0.05) is 13.8 Å². The van der Waals surface area contributed by atoms with Gasteiger partial charge < -0.3 is 10.4 Å². The summed E-state index contributed by atoms with van der Waals surface area (Å²) in [6.07, 6.45) is 0.993. The zero-order valence-electron chi connectivity index (χ0n) is 10.7. The maximum absolute atomic E-state index is 9.24. The lowest BCUT2D eigenvalue weighted by Crippen LogP contribution is -2.33. The standard InChI is InChI=1S/C12H23N3O/c1-9(2)5-11(8-16)13-7-12-6-10(3)14-15(12)4/h6,9,11,13,16H,5,7-8H2,1-4H3. The van der Waals surface area contributed by atoms with Crippen LogP contribution in [0.25, 0.3) is 0 Å². The molecule has 0 aliphatic rings. The van der Waals surface area contributed by atoms with Crippen molar-refractivity contribution in [1.82, 2.24) is 15.1 Å². The topological polar surface area (TPSA) is 50.1 Å². The third-order valence-corrected chi connectivity index (χ3v) is 2.65. The van der Waals surface area contributed by atoms with E-state index in [1.807, 2.05) is 18.7 Å². The van der Waals surface area contributed by atoms with Crippen LogP contribution in [-0.4, -0.2) is 27.5 Å². The molecule has 0 radical (unpaired) electrons. The lowest BCUT2D eigenvalue weighted by atomic mass is 10.0. The first-order chi connectivity index (χ1) is 7.52. The first kappa shape index (κ1) is 13.2. The van der Waals surface area contributed by atoms with Gasteiger partial charge in [-0.05, 0) is 25.3 Å². The third kappa shape index (κ3) is 3.94. The van der Waals surface area contributed by atoms with Crippen molar-refractivity contribution in [3.8, 4) is 0 Å². The normalized spacial score (nSPS) is 13.4. The number of nitrogens with zero attached hydrogens (tertiary/aromatic N) is 2. The van der Waals surface area contributed by atoms with Crippen LogP contribution in [0.3, 0.4) is 0 Å². The molecule has 0 amide bonds. The number of hydrogen-bond acceptors (Lipinski definition) is 3. The minimum absolute atomic E-state index is 0.176. The molecule has 2 N–H and O–H groups in total. The van der Waals surface area contributed by atoms with Crippen LogP contribution in [0.1, 0.15) is 31.7 Å². The van der Waals surface area contributed by atoms with E-state index in [1.54, 1.807) is 0 Å². The summed E-state index contributed by atoms with van der Waals surface area (Å²) in [5.41, 5.74) is 2.18. The van der Waals surface area contributed by atoms with E-state index < -0.39 is 0 Å². The Morgan fingerprint density at radius 1 is 1.50 bits per heavy atom. The van der Waals surface area contributed by atoms with Gasteiger partial charge in [0.1, 0.15) is 0 Å². The van der Waals surface area contributed by atoms with Crippen molar-refractivity contribution >= 4 is 0 Å². The Balaban J connectivity index is 2.46. The number of nitrogens with one attached hydrogen (secondary N) is 1. The summed E-state index contributed by atoms with van der Waals surface area (Å²) in [5.74, 6) is 0.595. The van der Waals surface area contributed by atoms with Gasteiger partial charge in [-0.3, -0.25) is 4.68 Å². The van der Waals surface area contributed by atoms with Gasteiger partial charge in [0, 0.05) is 19.6 Å². The first-order valence-electron chi connectivity index (χ1n) is 5.86. The first-order valence-corrected chi connectivity index (χ1v) is 5.86. The van der Waals surface area contributed by atoms with Crippen LogP contribution in [0.4, 0.5) is 0 Å². The number of hydrogen-bond donors (Lipinski definition) is 2. The molecule has 1 aromatic heterocycles. The van der Waals surface area contributed by atoms with Crippen molar-refractivity contribution in [3.63, 3.8) is 0 Å². The number of aliphatic hydroxyl groups is 1. The minimum atomic E-state index is 0.176. The van der Waals surface area contributed by atoms with Crippen molar-refractivity contribution in [3.05, 3.63) is 17.5 Å². The molecule has 92 valence electrons. The van der Waals surface area contributed by atoms with Gasteiger partial charge in [0.25, 0.3) is 0 Å². The van der Waals surface area contributed by atoms with Gasteiger partial charge >= 0.3 is 0 Å². The second kappa shape index (κ2) is 6.01. The Hall–Kier alpha value is -0.870. The molecule has 0 saturated heterocycles. The molecule has 0 aromatic carbocycles. The monoisotopic (exact) mass is 225 g/mol. The van der Waals surface area contributed by atoms with E-state index >= 15 is 0 Å². The SMILES string of the molecule is Cc1cc(CNC(CO)CC(C)C)n(C)n1. The molecule has 0 aliphatic carbocycles. The van der Waals surface area contributed by atoms with E-state index in [2.05, 4.69) is 30.3 Å². The van der Waals surface area contributed by atoms with E-state index in [9.17, 15) is 5.11 Å². The highest BCUT2D eigenvalue weighted by Gasteiger charge is 2.10. The second-order valence-electron chi connectivity index (χ2n) is 4.79. The van der Waals surface area contributed by atoms with Crippen molar-refractivity contribution in [2.75, 3.05) is 6.61 Å². The smallest absolute Gasteiger partial charge is 0.0597 e. The van der Waals surface area contributed by atoms with E-state index in [1.165, 1.54) is 0 Å². The molecule has 0 spiro atoms. The summed E-state index contributed by atoms with van der Waals surface area (Å²) in [4.78, 5) is 0. The molecule has 4 heteroatoms. The average Bonchev–Trinajstić information content (AvgIpc) is 2.51. The lowest BCUT2D eigenvalue weighted by Gasteiger charge is -2.18. The Morgan fingerprint density at radius 2 is 2.19 bits per heavy atom. The molecule has 4 nitrogen and oxygen atoms in total. The molecule has 1 atom stereocenters. The fourth-order valence-electron chi connectivity index (χ4n) is 1.87. The second-order valence-corrected chi connectivity index (χ2v) is 4.79. The van der Waals surface area contributed by atoms with Crippen LogP contribution in [-0.2, 0) is 13.6 Å². The van der Waals surface area contributed by atoms with Crippen LogP contribution >= 0.6 is 0 Å². The van der Waals surface area contributed by atoms with Gasteiger partial charge in [-0.15, -0.1) is 0 Å². The number of rotatable bonds is 6. The summed E-state index contributed by atoms with van der Waals surface area (Å²) in [7, 11) is 1.94. The van der Waals surface area contributed by atoms with Crippen LogP contribution in [0, 0.1) is 12.8 Å². The molecule has 0 aliphatic heterocycles. The predicted octanol–water partition coefficient (Wildman–Crippen LogP) is 1.23. The van der Waals surface area contributed by atoms with E-state index in [0.29, 0.717) is 5.92 Å². The van der Waals surface area contributed by atoms with E-state index in [-0.39, 0.29) is 12.6 Å². The van der Waals surface area contributed by atoms with Crippen LogP contribution in [0.5, 0.6) is 0 Å². The Morgan fingerprint density at radius 3 is 2.62 bits per heavy atom. The quantitative estimate of drug-likeness (QED) is 0.765. The largest absolute Gasteiger partial charge is 0.395 e. The highest BCUT2D eigenvalue weighted by Crippen LogP contribution is 2.06. The molecule has 1 rings (SSSR count). The van der Waals surface area contributed by atoms with Crippen LogP contribution < -0.4 is 5.32 Å². The highest BCUT2D eigenvalue weighted by atomic mass is 16.3. The van der Waals surface area contributed by atoms with E-state index in [0.717, 1.165) is 24.4 Å². The molecule has 0 fully saturated rings. The summed E-state index contributed by atoms with van der Waals surface area (Å²) in [6.45, 7) is 7.27. The van der Waals surface area contributed by atoms with Gasteiger partial charge in [0.05, 0.1) is 18.0 Å². The predicted molar refractivity (Wildman–Crippen MR) is 65.1 cm³/mol. The molecule has 0 bridgehead atoms. The Labute approximate surface area is 97.7 Å². The molecular formula is C12H23N3O. The molecule has 1 aromatic rings. The summed E-state index contributed by atoms with van der Waals surface area (Å²) in [6, 6.07) is 2.24. The average molecular weight is 225 g/mol. The van der Waals surface area contributed by atoms with Crippen molar-refractivity contribution in [1.29, 1.82) is 0 Å². The zero-order chi connectivity index (χ0) is 12.1. The molecule has 1 unspecified atom stereocenters. The van der Waals surface area contributed by atoms with Crippen molar-refractivity contribution < 1.29 is 5.11 Å². The molecular weight excluding hydrogens is 202 g/mol. The number of aryl methyl sites for hydroxylation is 2. The maximum atomic E-state index is 9.24. The van der Waals surface area contributed by atoms with Crippen LogP contribution in [0.2, 0.25) is 0 Å². The van der Waals surface area contributed by atoms with Crippen molar-refractivity contribution in [2.24, 2.45) is 13.0 Å². The fraction of sp³-hybridized carbons (Fsp3) is 0.750. The van der Waals surface area contributed by atoms with Gasteiger partial charge in [-0.25, -0.2) is 0 Å². The number of aliphatic hydroxyl groups excluding tert-OH is 1. The summed E-state index contributed by atoms with van der Waals surface area (Å²) in [5, 5.41) is 16.9. The Kier molecular flexibility index (Phi) is 4.96. The van der Waals surface area contributed by atoms with Gasteiger partial charge in [-0.2, -0.15) is 5.10 Å².